The van der Waals surface area contributed by atoms with Crippen LogP contribution < -0.4 is 5.73 Å². The van der Waals surface area contributed by atoms with Crippen LogP contribution in [0.4, 0.5) is 0 Å². The smallest absolute Gasteiger partial charge is 0.257 e. The number of likely N-dealkylation sites (tertiary alicyclic amines) is 1. The number of piperidine rings is 1. The Hall–Kier alpha value is -2.15. The molecule has 2 N–H and O–H groups in total. The van der Waals surface area contributed by atoms with Gasteiger partial charge in [-0.15, -0.1) is 0 Å². The lowest BCUT2D eigenvalue weighted by molar-refractivity contribution is -0.123. The zero-order chi connectivity index (χ0) is 16.4. The predicted octanol–water partition coefficient (Wildman–Crippen LogP) is 1.97. The summed E-state index contributed by atoms with van der Waals surface area (Å²) in [5.74, 6) is -0.457. The summed E-state index contributed by atoms with van der Waals surface area (Å²) in [5.41, 5.74) is 6.75. The minimum absolute atomic E-state index is 0.0590. The first-order valence-corrected chi connectivity index (χ1v) is 8.23. The van der Waals surface area contributed by atoms with Gasteiger partial charge >= 0.3 is 0 Å². The molecule has 1 aromatic heterocycles. The van der Waals surface area contributed by atoms with Crippen molar-refractivity contribution in [3.63, 3.8) is 0 Å². The van der Waals surface area contributed by atoms with Gasteiger partial charge in [-0.05, 0) is 37.1 Å². The zero-order valence-electron chi connectivity index (χ0n) is 12.5. The highest BCUT2D eigenvalue weighted by Gasteiger charge is 2.27. The van der Waals surface area contributed by atoms with Crippen molar-refractivity contribution in [2.24, 2.45) is 11.7 Å². The molecule has 2 amide bonds. The number of primary amides is 1. The molecule has 1 fully saturated rings. The third kappa shape index (κ3) is 3.44. The van der Waals surface area contributed by atoms with E-state index in [1.807, 2.05) is 24.3 Å². The van der Waals surface area contributed by atoms with Crippen molar-refractivity contribution in [3.05, 3.63) is 46.7 Å². The monoisotopic (exact) mass is 376 g/mol. The van der Waals surface area contributed by atoms with Crippen LogP contribution in [0.15, 0.2) is 41.1 Å². The Labute approximate surface area is 142 Å². The molecule has 2 heterocycles. The molecule has 3 rings (SSSR count). The Kier molecular flexibility index (Phi) is 4.47. The van der Waals surface area contributed by atoms with Crippen molar-refractivity contribution in [1.82, 2.24) is 14.7 Å². The van der Waals surface area contributed by atoms with Gasteiger partial charge in [0.1, 0.15) is 0 Å². The molecule has 0 radical (unpaired) electrons. The van der Waals surface area contributed by atoms with E-state index in [0.29, 0.717) is 31.5 Å². The molecule has 1 saturated heterocycles. The summed E-state index contributed by atoms with van der Waals surface area (Å²) in [6.07, 6.45) is 4.56. The number of halogens is 1. The molecule has 6 nitrogen and oxygen atoms in total. The number of amides is 2. The Morgan fingerprint density at radius 3 is 2.43 bits per heavy atom. The fourth-order valence-corrected chi connectivity index (χ4v) is 2.98. The lowest BCUT2D eigenvalue weighted by Crippen LogP contribution is -2.41. The minimum Gasteiger partial charge on any atom is -0.369 e. The topological polar surface area (TPSA) is 81.2 Å². The van der Waals surface area contributed by atoms with Gasteiger partial charge in [0.05, 0.1) is 17.4 Å². The number of hydrogen-bond acceptors (Lipinski definition) is 3. The van der Waals surface area contributed by atoms with Crippen LogP contribution in [-0.2, 0) is 4.79 Å². The van der Waals surface area contributed by atoms with Gasteiger partial charge in [0.15, 0.2) is 0 Å². The van der Waals surface area contributed by atoms with Crippen LogP contribution in [0.25, 0.3) is 5.69 Å². The average molecular weight is 377 g/mol. The number of nitrogens with zero attached hydrogens (tertiary/aromatic N) is 3. The summed E-state index contributed by atoms with van der Waals surface area (Å²) in [5, 5.41) is 4.25. The molecule has 7 heteroatoms. The first-order chi connectivity index (χ1) is 11.0. The van der Waals surface area contributed by atoms with E-state index in [9.17, 15) is 9.59 Å². The normalized spacial score (nSPS) is 15.6. The van der Waals surface area contributed by atoms with Gasteiger partial charge in [0, 0.05) is 29.7 Å². The van der Waals surface area contributed by atoms with E-state index in [1.54, 1.807) is 22.0 Å². The van der Waals surface area contributed by atoms with Crippen LogP contribution >= 0.6 is 15.9 Å². The Balaban J connectivity index is 1.69. The molecular formula is C16H17BrN4O2. The van der Waals surface area contributed by atoms with Gasteiger partial charge in [-0.3, -0.25) is 9.59 Å². The number of carbonyl (C=O) groups is 2. The molecular weight excluding hydrogens is 360 g/mol. The maximum Gasteiger partial charge on any atom is 0.257 e. The molecule has 120 valence electrons. The number of hydrogen-bond donors (Lipinski definition) is 1. The molecule has 23 heavy (non-hydrogen) atoms. The van der Waals surface area contributed by atoms with Gasteiger partial charge in [-0.25, -0.2) is 4.68 Å². The van der Waals surface area contributed by atoms with Crippen LogP contribution in [0.5, 0.6) is 0 Å². The SMILES string of the molecule is NC(=O)C1CCN(C(=O)c2cnn(-c3ccc(Br)cc3)c2)CC1. The number of rotatable bonds is 3. The van der Waals surface area contributed by atoms with E-state index in [1.165, 1.54) is 0 Å². The number of carbonyl (C=O) groups excluding carboxylic acids is 2. The lowest BCUT2D eigenvalue weighted by Gasteiger charge is -2.30. The highest BCUT2D eigenvalue weighted by atomic mass is 79.9. The van der Waals surface area contributed by atoms with Gasteiger partial charge in [0.2, 0.25) is 5.91 Å². The summed E-state index contributed by atoms with van der Waals surface area (Å²) < 4.78 is 2.66. The fourth-order valence-electron chi connectivity index (χ4n) is 2.72. The highest BCUT2D eigenvalue weighted by Crippen LogP contribution is 2.19. The van der Waals surface area contributed by atoms with Crippen LogP contribution in [0.1, 0.15) is 23.2 Å². The Bertz CT molecular complexity index is 718. The number of aromatic nitrogens is 2. The molecule has 0 bridgehead atoms. The summed E-state index contributed by atoms with van der Waals surface area (Å²) in [7, 11) is 0. The molecule has 0 atom stereocenters. The molecule has 0 unspecified atom stereocenters. The van der Waals surface area contributed by atoms with Crippen LogP contribution in [0.3, 0.4) is 0 Å². The molecule has 0 spiro atoms. The van der Waals surface area contributed by atoms with E-state index < -0.39 is 0 Å². The van der Waals surface area contributed by atoms with Crippen LogP contribution in [-0.4, -0.2) is 39.6 Å². The third-order valence-corrected chi connectivity index (χ3v) is 4.63. The van der Waals surface area contributed by atoms with E-state index in [4.69, 9.17) is 5.73 Å². The Morgan fingerprint density at radius 2 is 1.83 bits per heavy atom. The second-order valence-electron chi connectivity index (χ2n) is 5.62. The first kappa shape index (κ1) is 15.7. The molecule has 1 aromatic carbocycles. The fraction of sp³-hybridized carbons (Fsp3) is 0.312. The van der Waals surface area contributed by atoms with Crippen LogP contribution in [0.2, 0.25) is 0 Å². The van der Waals surface area contributed by atoms with Crippen LogP contribution in [0, 0.1) is 5.92 Å². The van der Waals surface area contributed by atoms with Crippen molar-refractivity contribution in [2.45, 2.75) is 12.8 Å². The maximum absolute atomic E-state index is 12.5. The summed E-state index contributed by atoms with van der Waals surface area (Å²) in [4.78, 5) is 25.5. The predicted molar refractivity (Wildman–Crippen MR) is 89.1 cm³/mol. The lowest BCUT2D eigenvalue weighted by atomic mass is 9.96. The van der Waals surface area contributed by atoms with Gasteiger partial charge in [0.25, 0.3) is 5.91 Å². The quantitative estimate of drug-likeness (QED) is 0.888. The minimum atomic E-state index is -0.278. The Morgan fingerprint density at radius 1 is 1.17 bits per heavy atom. The average Bonchev–Trinajstić information content (AvgIpc) is 3.05. The highest BCUT2D eigenvalue weighted by molar-refractivity contribution is 9.10. The maximum atomic E-state index is 12.5. The van der Waals surface area contributed by atoms with Gasteiger partial charge < -0.3 is 10.6 Å². The van der Waals surface area contributed by atoms with Crippen molar-refractivity contribution < 1.29 is 9.59 Å². The molecule has 1 aliphatic heterocycles. The summed E-state index contributed by atoms with van der Waals surface area (Å²) in [6, 6.07) is 7.69. The van der Waals surface area contributed by atoms with Crippen molar-refractivity contribution in [2.75, 3.05) is 13.1 Å². The second-order valence-corrected chi connectivity index (χ2v) is 6.53. The number of benzene rings is 1. The molecule has 2 aromatic rings. The standard InChI is InChI=1S/C16H17BrN4O2/c17-13-1-3-14(4-2-13)21-10-12(9-19-21)16(23)20-7-5-11(6-8-20)15(18)22/h1-4,9-11H,5-8H2,(H2,18,22). The van der Waals surface area contributed by atoms with Gasteiger partial charge in [-0.2, -0.15) is 5.10 Å². The zero-order valence-corrected chi connectivity index (χ0v) is 14.1. The number of nitrogens with two attached hydrogens (primary N) is 1. The summed E-state index contributed by atoms with van der Waals surface area (Å²) in [6.45, 7) is 1.10. The van der Waals surface area contributed by atoms with Crippen molar-refractivity contribution in [1.29, 1.82) is 0 Å². The van der Waals surface area contributed by atoms with E-state index in [-0.39, 0.29) is 17.7 Å². The van der Waals surface area contributed by atoms with Gasteiger partial charge in [-0.1, -0.05) is 15.9 Å². The largest absolute Gasteiger partial charge is 0.369 e. The van der Waals surface area contributed by atoms with Crippen molar-refractivity contribution >= 4 is 27.7 Å². The molecule has 0 aliphatic carbocycles. The third-order valence-electron chi connectivity index (χ3n) is 4.11. The molecule has 1 aliphatic rings. The summed E-state index contributed by atoms with van der Waals surface area (Å²) >= 11 is 3.39. The van der Waals surface area contributed by atoms with E-state index >= 15 is 0 Å². The van der Waals surface area contributed by atoms with E-state index in [0.717, 1.165) is 10.2 Å². The first-order valence-electron chi connectivity index (χ1n) is 7.44. The van der Waals surface area contributed by atoms with E-state index in [2.05, 4.69) is 21.0 Å². The second kappa shape index (κ2) is 6.54. The van der Waals surface area contributed by atoms with Crippen molar-refractivity contribution in [3.8, 4) is 5.69 Å². The molecule has 0 saturated carbocycles.